The molecule has 3 amide bonds. The molecule has 0 aromatic heterocycles. The lowest BCUT2D eigenvalue weighted by molar-refractivity contribution is 0.0665. The molecule has 2 N–H and O–H groups in total. The molecule has 1 aromatic carbocycles. The Bertz CT molecular complexity index is 685. The molecule has 0 aliphatic carbocycles. The summed E-state index contributed by atoms with van der Waals surface area (Å²) >= 11 is 0. The van der Waals surface area contributed by atoms with Crippen LogP contribution >= 0.6 is 0 Å². The van der Waals surface area contributed by atoms with Gasteiger partial charge in [0.1, 0.15) is 0 Å². The van der Waals surface area contributed by atoms with Crippen molar-refractivity contribution in [1.82, 2.24) is 19.8 Å². The third-order valence-electron chi connectivity index (χ3n) is 3.89. The Kier molecular flexibility index (Phi) is 6.77. The number of amides is 3. The second-order valence-corrected chi connectivity index (χ2v) is 7.62. The van der Waals surface area contributed by atoms with Crippen LogP contribution in [0.5, 0.6) is 0 Å². The topological polar surface area (TPSA) is 98.8 Å². The zero-order valence-electron chi connectivity index (χ0n) is 14.3. The molecule has 1 heterocycles. The maximum absolute atomic E-state index is 12.4. The average molecular weight is 368 g/mol. The van der Waals surface area contributed by atoms with Crippen LogP contribution < -0.4 is 10.0 Å². The first-order valence-corrected chi connectivity index (χ1v) is 9.92. The van der Waals surface area contributed by atoms with Crippen LogP contribution in [0.25, 0.3) is 0 Å². The Morgan fingerprint density at radius 3 is 2.24 bits per heavy atom. The highest BCUT2D eigenvalue weighted by Crippen LogP contribution is 2.08. The summed E-state index contributed by atoms with van der Waals surface area (Å²) < 4.78 is 25.4. The molecule has 0 spiro atoms. The van der Waals surface area contributed by atoms with Gasteiger partial charge in [-0.1, -0.05) is 25.1 Å². The van der Waals surface area contributed by atoms with Crippen LogP contribution in [0.3, 0.4) is 0 Å². The van der Waals surface area contributed by atoms with E-state index in [2.05, 4.69) is 10.0 Å². The molecule has 8 nitrogen and oxygen atoms in total. The van der Waals surface area contributed by atoms with Crippen molar-refractivity contribution in [1.29, 1.82) is 0 Å². The van der Waals surface area contributed by atoms with Crippen molar-refractivity contribution >= 4 is 22.0 Å². The second kappa shape index (κ2) is 8.82. The highest BCUT2D eigenvalue weighted by Gasteiger charge is 2.24. The first-order valence-electron chi connectivity index (χ1n) is 8.27. The summed E-state index contributed by atoms with van der Waals surface area (Å²) in [7, 11) is -3.34. The number of hydrogen-bond acceptors (Lipinski definition) is 4. The second-order valence-electron chi connectivity index (χ2n) is 5.69. The summed E-state index contributed by atoms with van der Waals surface area (Å²) in [6, 6.07) is 8.73. The predicted molar refractivity (Wildman–Crippen MR) is 94.8 cm³/mol. The van der Waals surface area contributed by atoms with Crippen LogP contribution in [-0.2, 0) is 10.0 Å². The van der Waals surface area contributed by atoms with Crippen molar-refractivity contribution < 1.29 is 18.0 Å². The van der Waals surface area contributed by atoms with Crippen LogP contribution in [0.4, 0.5) is 4.79 Å². The molecule has 0 unspecified atom stereocenters. The number of piperazine rings is 1. The van der Waals surface area contributed by atoms with E-state index in [0.29, 0.717) is 38.3 Å². The lowest BCUT2D eigenvalue weighted by atomic mass is 10.2. The van der Waals surface area contributed by atoms with Crippen molar-refractivity contribution in [2.45, 2.75) is 6.92 Å². The Hall–Kier alpha value is -2.13. The van der Waals surface area contributed by atoms with Gasteiger partial charge in [0.05, 0.1) is 5.75 Å². The zero-order valence-corrected chi connectivity index (χ0v) is 15.1. The van der Waals surface area contributed by atoms with E-state index in [-0.39, 0.29) is 24.2 Å². The number of nitrogens with one attached hydrogen (secondary N) is 2. The number of hydrogen-bond donors (Lipinski definition) is 2. The van der Waals surface area contributed by atoms with E-state index in [1.807, 2.05) is 18.2 Å². The lowest BCUT2D eigenvalue weighted by Gasteiger charge is -2.34. The molecule has 9 heteroatoms. The summed E-state index contributed by atoms with van der Waals surface area (Å²) in [5, 5.41) is 2.61. The molecule has 2 rings (SSSR count). The van der Waals surface area contributed by atoms with E-state index in [9.17, 15) is 18.0 Å². The number of urea groups is 1. The average Bonchev–Trinajstić information content (AvgIpc) is 2.61. The third-order valence-corrected chi connectivity index (χ3v) is 5.36. The molecular formula is C16H24N4O4S. The molecule has 1 aliphatic heterocycles. The van der Waals surface area contributed by atoms with Gasteiger partial charge in [0.25, 0.3) is 5.91 Å². The maximum Gasteiger partial charge on any atom is 0.317 e. The van der Waals surface area contributed by atoms with Gasteiger partial charge in [0.15, 0.2) is 0 Å². The van der Waals surface area contributed by atoms with E-state index in [1.165, 1.54) is 0 Å². The lowest BCUT2D eigenvalue weighted by Crippen LogP contribution is -2.53. The van der Waals surface area contributed by atoms with Crippen molar-refractivity contribution in [3.8, 4) is 0 Å². The zero-order chi connectivity index (χ0) is 18.3. The number of carbonyl (C=O) groups excluding carboxylic acids is 2. The Labute approximate surface area is 148 Å². The highest BCUT2D eigenvalue weighted by atomic mass is 32.2. The van der Waals surface area contributed by atoms with Gasteiger partial charge in [0.2, 0.25) is 10.0 Å². The van der Waals surface area contributed by atoms with Crippen molar-refractivity contribution in [3.63, 3.8) is 0 Å². The maximum atomic E-state index is 12.4. The van der Waals surface area contributed by atoms with E-state index in [0.717, 1.165) is 0 Å². The van der Waals surface area contributed by atoms with Crippen molar-refractivity contribution in [2.24, 2.45) is 0 Å². The minimum Gasteiger partial charge on any atom is -0.337 e. The molecule has 25 heavy (non-hydrogen) atoms. The molecule has 138 valence electrons. The number of rotatable bonds is 6. The van der Waals surface area contributed by atoms with Crippen LogP contribution in [0.1, 0.15) is 17.3 Å². The minimum absolute atomic E-state index is 0.0441. The van der Waals surface area contributed by atoms with Crippen LogP contribution in [0, 0.1) is 0 Å². The standard InChI is InChI=1S/C16H24N4O4S/c1-2-18-25(23,24)13-8-17-16(22)20-11-9-19(10-12-20)15(21)14-6-4-3-5-7-14/h3-7,18H,2,8-13H2,1H3,(H,17,22). The Morgan fingerprint density at radius 2 is 1.64 bits per heavy atom. The fourth-order valence-corrected chi connectivity index (χ4v) is 3.53. The minimum atomic E-state index is -3.34. The molecule has 1 aliphatic rings. The Balaban J connectivity index is 1.76. The van der Waals surface area contributed by atoms with Gasteiger partial charge < -0.3 is 15.1 Å². The van der Waals surface area contributed by atoms with E-state index >= 15 is 0 Å². The van der Waals surface area contributed by atoms with Gasteiger partial charge in [-0.3, -0.25) is 4.79 Å². The summed E-state index contributed by atoms with van der Waals surface area (Å²) in [5.41, 5.74) is 0.633. The first-order chi connectivity index (χ1) is 11.9. The summed E-state index contributed by atoms with van der Waals surface area (Å²) in [5.74, 6) is -0.198. The van der Waals surface area contributed by atoms with Gasteiger partial charge in [0, 0.05) is 44.8 Å². The number of carbonyl (C=O) groups is 2. The third kappa shape index (κ3) is 5.71. The van der Waals surface area contributed by atoms with Crippen molar-refractivity contribution in [2.75, 3.05) is 45.0 Å². The molecule has 0 radical (unpaired) electrons. The van der Waals surface area contributed by atoms with Gasteiger partial charge in [-0.15, -0.1) is 0 Å². The van der Waals surface area contributed by atoms with E-state index in [1.54, 1.807) is 28.9 Å². The van der Waals surface area contributed by atoms with Gasteiger partial charge in [-0.2, -0.15) is 0 Å². The van der Waals surface area contributed by atoms with E-state index < -0.39 is 10.0 Å². The molecule has 0 atom stereocenters. The summed E-state index contributed by atoms with van der Waals surface area (Å²) in [6.45, 7) is 3.83. The Morgan fingerprint density at radius 1 is 1.04 bits per heavy atom. The SMILES string of the molecule is CCNS(=O)(=O)CCNC(=O)N1CCN(C(=O)c2ccccc2)CC1. The smallest absolute Gasteiger partial charge is 0.317 e. The normalized spacial score (nSPS) is 15.1. The molecule has 0 bridgehead atoms. The predicted octanol–water partition coefficient (Wildman–Crippen LogP) is 0.0933. The quantitative estimate of drug-likeness (QED) is 0.744. The number of nitrogens with zero attached hydrogens (tertiary/aromatic N) is 2. The largest absolute Gasteiger partial charge is 0.337 e. The summed E-state index contributed by atoms with van der Waals surface area (Å²) in [6.07, 6.45) is 0. The van der Waals surface area contributed by atoms with E-state index in [4.69, 9.17) is 0 Å². The molecular weight excluding hydrogens is 344 g/mol. The molecule has 1 fully saturated rings. The fourth-order valence-electron chi connectivity index (χ4n) is 2.57. The fraction of sp³-hybridized carbons (Fsp3) is 0.500. The van der Waals surface area contributed by atoms with Gasteiger partial charge >= 0.3 is 6.03 Å². The molecule has 1 saturated heterocycles. The molecule has 1 aromatic rings. The van der Waals surface area contributed by atoms with Gasteiger partial charge in [-0.05, 0) is 12.1 Å². The number of sulfonamides is 1. The van der Waals surface area contributed by atoms with Crippen LogP contribution in [-0.4, -0.2) is 75.2 Å². The van der Waals surface area contributed by atoms with Gasteiger partial charge in [-0.25, -0.2) is 17.9 Å². The monoisotopic (exact) mass is 368 g/mol. The number of benzene rings is 1. The van der Waals surface area contributed by atoms with Crippen LogP contribution in [0.2, 0.25) is 0 Å². The highest BCUT2D eigenvalue weighted by molar-refractivity contribution is 7.89. The summed E-state index contributed by atoms with van der Waals surface area (Å²) in [4.78, 5) is 27.7. The first kappa shape index (κ1) is 19.2. The van der Waals surface area contributed by atoms with Crippen molar-refractivity contribution in [3.05, 3.63) is 35.9 Å². The molecule has 0 saturated carbocycles. The van der Waals surface area contributed by atoms with Crippen LogP contribution in [0.15, 0.2) is 30.3 Å².